The molecule has 1 N–H and O–H groups in total. The predicted molar refractivity (Wildman–Crippen MR) is 106 cm³/mol. The van der Waals surface area contributed by atoms with E-state index in [9.17, 15) is 4.79 Å². The van der Waals surface area contributed by atoms with Crippen molar-refractivity contribution in [1.29, 1.82) is 0 Å². The average molecular weight is 352 g/mol. The molecule has 0 atom stereocenters. The number of carbonyl (C=O) groups is 1. The van der Waals surface area contributed by atoms with Gasteiger partial charge in [-0.1, -0.05) is 80.5 Å². The van der Waals surface area contributed by atoms with Crippen LogP contribution in [0.5, 0.6) is 0 Å². The average Bonchev–Trinajstić information content (AvgIpc) is 2.63. The van der Waals surface area contributed by atoms with E-state index in [4.69, 9.17) is 4.84 Å². The molecule has 2 aromatic carbocycles. The topological polar surface area (TPSA) is 50.7 Å². The second kappa shape index (κ2) is 9.76. The standard InChI is InChI=1S/C22H28N2O2/c1-22(2,3)20-13-11-19(12-14-20)16-24-26-17-21(25)23-15-7-10-18-8-5-4-6-9-18/h4-6,8-9,11-14,16H,7,10,15,17H2,1-3H3,(H,23,25)/b24-16+. The quantitative estimate of drug-likeness (QED) is 0.442. The van der Waals surface area contributed by atoms with Gasteiger partial charge in [-0.15, -0.1) is 0 Å². The van der Waals surface area contributed by atoms with Crippen LogP contribution in [0.3, 0.4) is 0 Å². The number of amides is 1. The Morgan fingerprint density at radius 1 is 1.08 bits per heavy atom. The summed E-state index contributed by atoms with van der Waals surface area (Å²) in [6, 6.07) is 18.4. The lowest BCUT2D eigenvalue weighted by Crippen LogP contribution is -2.28. The highest BCUT2D eigenvalue weighted by Gasteiger charge is 2.12. The Morgan fingerprint density at radius 3 is 2.42 bits per heavy atom. The minimum absolute atomic E-state index is 0.0675. The molecule has 0 aliphatic heterocycles. The van der Waals surface area contributed by atoms with Crippen LogP contribution in [0.4, 0.5) is 0 Å². The van der Waals surface area contributed by atoms with Gasteiger partial charge >= 0.3 is 0 Å². The van der Waals surface area contributed by atoms with E-state index in [1.807, 2.05) is 30.3 Å². The van der Waals surface area contributed by atoms with E-state index in [2.05, 4.69) is 55.5 Å². The second-order valence-corrected chi connectivity index (χ2v) is 7.32. The van der Waals surface area contributed by atoms with Crippen LogP contribution in [0, 0.1) is 0 Å². The first-order valence-corrected chi connectivity index (χ1v) is 9.01. The number of carbonyl (C=O) groups excluding carboxylic acids is 1. The zero-order valence-electron chi connectivity index (χ0n) is 15.9. The zero-order chi connectivity index (χ0) is 18.8. The highest BCUT2D eigenvalue weighted by Crippen LogP contribution is 2.21. The van der Waals surface area contributed by atoms with E-state index in [0.717, 1.165) is 18.4 Å². The maximum absolute atomic E-state index is 11.7. The van der Waals surface area contributed by atoms with Crippen molar-refractivity contribution in [2.45, 2.75) is 39.0 Å². The number of benzene rings is 2. The van der Waals surface area contributed by atoms with E-state index >= 15 is 0 Å². The number of hydrogen-bond donors (Lipinski definition) is 1. The Kier molecular flexibility index (Phi) is 7.39. The number of rotatable bonds is 8. The SMILES string of the molecule is CC(C)(C)c1ccc(/C=N/OCC(=O)NCCCc2ccccc2)cc1. The van der Waals surface area contributed by atoms with Gasteiger partial charge in [-0.3, -0.25) is 4.79 Å². The number of oxime groups is 1. The molecular weight excluding hydrogens is 324 g/mol. The normalized spacial score (nSPS) is 11.5. The van der Waals surface area contributed by atoms with Gasteiger partial charge in [0, 0.05) is 6.54 Å². The Morgan fingerprint density at radius 2 is 1.77 bits per heavy atom. The number of aryl methyl sites for hydroxylation is 1. The molecule has 0 saturated carbocycles. The lowest BCUT2D eigenvalue weighted by atomic mass is 9.87. The molecule has 0 saturated heterocycles. The Hall–Kier alpha value is -2.62. The number of hydrogen-bond acceptors (Lipinski definition) is 3. The molecule has 0 aliphatic rings. The molecule has 0 spiro atoms. The summed E-state index contributed by atoms with van der Waals surface area (Å²) in [7, 11) is 0. The summed E-state index contributed by atoms with van der Waals surface area (Å²) >= 11 is 0. The van der Waals surface area contributed by atoms with Crippen LogP contribution < -0.4 is 5.32 Å². The fourth-order valence-electron chi connectivity index (χ4n) is 2.48. The summed E-state index contributed by atoms with van der Waals surface area (Å²) in [5.74, 6) is -0.154. The minimum Gasteiger partial charge on any atom is -0.386 e. The molecule has 0 heterocycles. The third kappa shape index (κ3) is 7.09. The molecule has 2 rings (SSSR count). The van der Waals surface area contributed by atoms with Crippen LogP contribution in [0.25, 0.3) is 0 Å². The lowest BCUT2D eigenvalue weighted by Gasteiger charge is -2.18. The number of nitrogens with one attached hydrogen (secondary N) is 1. The van der Waals surface area contributed by atoms with Crippen LogP contribution >= 0.6 is 0 Å². The first kappa shape index (κ1) is 19.7. The van der Waals surface area contributed by atoms with Crippen molar-refractivity contribution < 1.29 is 9.63 Å². The third-order valence-corrected chi connectivity index (χ3v) is 4.06. The van der Waals surface area contributed by atoms with E-state index in [-0.39, 0.29) is 17.9 Å². The zero-order valence-corrected chi connectivity index (χ0v) is 15.9. The lowest BCUT2D eigenvalue weighted by molar-refractivity contribution is -0.125. The molecule has 2 aromatic rings. The van der Waals surface area contributed by atoms with Crippen molar-refractivity contribution in [2.75, 3.05) is 13.2 Å². The Balaban J connectivity index is 1.62. The molecule has 4 nitrogen and oxygen atoms in total. The third-order valence-electron chi connectivity index (χ3n) is 4.06. The van der Waals surface area contributed by atoms with Gasteiger partial charge in [0.1, 0.15) is 0 Å². The first-order chi connectivity index (χ1) is 12.4. The molecule has 26 heavy (non-hydrogen) atoms. The summed E-state index contributed by atoms with van der Waals surface area (Å²) < 4.78 is 0. The fraction of sp³-hybridized carbons (Fsp3) is 0.364. The van der Waals surface area contributed by atoms with Crippen molar-refractivity contribution in [3.8, 4) is 0 Å². The summed E-state index contributed by atoms with van der Waals surface area (Å²) in [4.78, 5) is 16.8. The summed E-state index contributed by atoms with van der Waals surface area (Å²) in [6.07, 6.45) is 3.47. The van der Waals surface area contributed by atoms with Gasteiger partial charge in [-0.05, 0) is 34.9 Å². The monoisotopic (exact) mass is 352 g/mol. The summed E-state index contributed by atoms with van der Waals surface area (Å²) in [6.45, 7) is 7.10. The fourth-order valence-corrected chi connectivity index (χ4v) is 2.48. The van der Waals surface area contributed by atoms with Crippen LogP contribution in [0.15, 0.2) is 59.8 Å². The summed E-state index contributed by atoms with van der Waals surface area (Å²) in [5, 5.41) is 6.70. The van der Waals surface area contributed by atoms with E-state index in [1.54, 1.807) is 6.21 Å². The second-order valence-electron chi connectivity index (χ2n) is 7.32. The van der Waals surface area contributed by atoms with Crippen LogP contribution in [-0.4, -0.2) is 25.3 Å². The van der Waals surface area contributed by atoms with E-state index in [1.165, 1.54) is 11.1 Å². The van der Waals surface area contributed by atoms with Crippen molar-refractivity contribution >= 4 is 12.1 Å². The first-order valence-electron chi connectivity index (χ1n) is 9.01. The molecular formula is C22H28N2O2. The van der Waals surface area contributed by atoms with Crippen molar-refractivity contribution in [3.63, 3.8) is 0 Å². The number of nitrogens with zero attached hydrogens (tertiary/aromatic N) is 1. The molecule has 0 bridgehead atoms. The van der Waals surface area contributed by atoms with Crippen molar-refractivity contribution in [2.24, 2.45) is 5.16 Å². The van der Waals surface area contributed by atoms with Gasteiger partial charge in [0.15, 0.2) is 6.61 Å². The molecule has 0 aromatic heterocycles. The van der Waals surface area contributed by atoms with Gasteiger partial charge in [0.2, 0.25) is 0 Å². The van der Waals surface area contributed by atoms with Crippen LogP contribution in [0.1, 0.15) is 43.9 Å². The maximum atomic E-state index is 11.7. The molecule has 1 amide bonds. The van der Waals surface area contributed by atoms with Gasteiger partial charge in [-0.25, -0.2) is 0 Å². The van der Waals surface area contributed by atoms with Crippen molar-refractivity contribution in [3.05, 3.63) is 71.3 Å². The molecule has 0 fully saturated rings. The molecule has 4 heteroatoms. The van der Waals surface area contributed by atoms with Crippen molar-refractivity contribution in [1.82, 2.24) is 5.32 Å². The predicted octanol–water partition coefficient (Wildman–Crippen LogP) is 4.08. The highest BCUT2D eigenvalue weighted by molar-refractivity contribution is 5.79. The smallest absolute Gasteiger partial charge is 0.260 e. The van der Waals surface area contributed by atoms with Gasteiger partial charge in [-0.2, -0.15) is 0 Å². The van der Waals surface area contributed by atoms with Crippen LogP contribution in [0.2, 0.25) is 0 Å². The molecule has 0 aliphatic carbocycles. The van der Waals surface area contributed by atoms with E-state index in [0.29, 0.717) is 6.54 Å². The largest absolute Gasteiger partial charge is 0.386 e. The maximum Gasteiger partial charge on any atom is 0.260 e. The summed E-state index contributed by atoms with van der Waals surface area (Å²) in [5.41, 5.74) is 3.62. The Labute approximate surface area is 156 Å². The molecule has 138 valence electrons. The van der Waals surface area contributed by atoms with Gasteiger partial charge in [0.05, 0.1) is 6.21 Å². The highest BCUT2D eigenvalue weighted by atomic mass is 16.6. The van der Waals surface area contributed by atoms with Gasteiger partial charge < -0.3 is 10.2 Å². The molecule has 0 radical (unpaired) electrons. The van der Waals surface area contributed by atoms with E-state index < -0.39 is 0 Å². The Bertz CT molecular complexity index is 701. The van der Waals surface area contributed by atoms with Crippen LogP contribution in [-0.2, 0) is 21.5 Å². The minimum atomic E-state index is -0.154. The molecule has 0 unspecified atom stereocenters. The van der Waals surface area contributed by atoms with Gasteiger partial charge in [0.25, 0.3) is 5.91 Å².